The molecule has 0 aliphatic rings. The highest BCUT2D eigenvalue weighted by Gasteiger charge is 2.08. The summed E-state index contributed by atoms with van der Waals surface area (Å²) in [7, 11) is 2.08. The fourth-order valence-corrected chi connectivity index (χ4v) is 3.59. The highest BCUT2D eigenvalue weighted by molar-refractivity contribution is 7.18. The van der Waals surface area contributed by atoms with Crippen molar-refractivity contribution in [1.82, 2.24) is 9.88 Å². The Morgan fingerprint density at radius 1 is 1.05 bits per heavy atom. The van der Waals surface area contributed by atoms with Crippen LogP contribution in [0.3, 0.4) is 0 Å². The maximum Gasteiger partial charge on any atom is 0.108 e. The van der Waals surface area contributed by atoms with Gasteiger partial charge in [0, 0.05) is 6.54 Å². The van der Waals surface area contributed by atoms with Gasteiger partial charge in [0.1, 0.15) is 5.01 Å². The Bertz CT molecular complexity index is 737. The Morgan fingerprint density at radius 2 is 1.86 bits per heavy atom. The van der Waals surface area contributed by atoms with Crippen LogP contribution in [-0.4, -0.2) is 16.9 Å². The minimum absolute atomic E-state index is 0.592. The first-order valence-corrected chi connectivity index (χ1v) is 8.16. The van der Waals surface area contributed by atoms with Crippen molar-refractivity contribution < 1.29 is 0 Å². The van der Waals surface area contributed by atoms with Crippen LogP contribution in [-0.2, 0) is 13.1 Å². The molecule has 1 aromatic heterocycles. The Hall–Kier alpha value is -1.13. The molecule has 2 nitrogen and oxygen atoms in total. The number of fused-ring (bicyclic) bond motifs is 1. The Labute approximate surface area is 137 Å². The minimum atomic E-state index is 0.592. The molecule has 1 heterocycles. The molecule has 108 valence electrons. The van der Waals surface area contributed by atoms with E-state index in [2.05, 4.69) is 23.0 Å². The Kier molecular flexibility index (Phi) is 4.45. The number of aromatic nitrogens is 1. The van der Waals surface area contributed by atoms with Gasteiger partial charge in [-0.3, -0.25) is 4.90 Å². The summed E-state index contributed by atoms with van der Waals surface area (Å²) in [5.74, 6) is 0. The number of para-hydroxylation sites is 1. The van der Waals surface area contributed by atoms with Crippen LogP contribution >= 0.6 is 34.5 Å². The maximum atomic E-state index is 6.05. The van der Waals surface area contributed by atoms with Crippen molar-refractivity contribution in [1.29, 1.82) is 0 Å². The third kappa shape index (κ3) is 3.55. The molecule has 0 radical (unpaired) electrons. The zero-order valence-electron chi connectivity index (χ0n) is 11.5. The lowest BCUT2D eigenvalue weighted by atomic mass is 10.2. The number of halogens is 2. The smallest absolute Gasteiger partial charge is 0.108 e. The first kappa shape index (κ1) is 14.8. The van der Waals surface area contributed by atoms with Crippen molar-refractivity contribution in [2.24, 2.45) is 0 Å². The van der Waals surface area contributed by atoms with Crippen molar-refractivity contribution in [3.05, 3.63) is 63.1 Å². The number of rotatable bonds is 4. The summed E-state index contributed by atoms with van der Waals surface area (Å²) in [5, 5.41) is 2.32. The quantitative estimate of drug-likeness (QED) is 0.648. The fraction of sp³-hybridized carbons (Fsp3) is 0.188. The Balaban J connectivity index is 1.70. The zero-order chi connectivity index (χ0) is 14.8. The summed E-state index contributed by atoms with van der Waals surface area (Å²) in [6, 6.07) is 14.0. The van der Waals surface area contributed by atoms with E-state index in [1.54, 1.807) is 11.3 Å². The topological polar surface area (TPSA) is 16.1 Å². The monoisotopic (exact) mass is 336 g/mol. The van der Waals surface area contributed by atoms with Gasteiger partial charge in [0.05, 0.1) is 26.8 Å². The lowest BCUT2D eigenvalue weighted by molar-refractivity contribution is 0.319. The van der Waals surface area contributed by atoms with Gasteiger partial charge in [-0.05, 0) is 36.9 Å². The summed E-state index contributed by atoms with van der Waals surface area (Å²) in [4.78, 5) is 6.88. The summed E-state index contributed by atoms with van der Waals surface area (Å²) >= 11 is 13.7. The SMILES string of the molecule is CN(Cc1ccc(Cl)c(Cl)c1)Cc1nc2ccccc2s1. The van der Waals surface area contributed by atoms with Crippen molar-refractivity contribution in [2.75, 3.05) is 7.05 Å². The molecule has 0 saturated carbocycles. The molecule has 0 amide bonds. The van der Waals surface area contributed by atoms with Crippen molar-refractivity contribution in [2.45, 2.75) is 13.1 Å². The van der Waals surface area contributed by atoms with Crippen molar-refractivity contribution in [3.63, 3.8) is 0 Å². The lowest BCUT2D eigenvalue weighted by Gasteiger charge is -2.15. The van der Waals surface area contributed by atoms with Gasteiger partial charge in [-0.25, -0.2) is 4.98 Å². The molecule has 3 rings (SSSR count). The maximum absolute atomic E-state index is 6.05. The number of hydrogen-bond donors (Lipinski definition) is 0. The van der Waals surface area contributed by atoms with Gasteiger partial charge in [-0.1, -0.05) is 41.4 Å². The zero-order valence-corrected chi connectivity index (χ0v) is 13.8. The summed E-state index contributed by atoms with van der Waals surface area (Å²) < 4.78 is 1.23. The standard InChI is InChI=1S/C16H14Cl2N2S/c1-20(9-11-6-7-12(17)13(18)8-11)10-16-19-14-4-2-3-5-15(14)21-16/h2-8H,9-10H2,1H3. The normalized spacial score (nSPS) is 11.4. The molecule has 21 heavy (non-hydrogen) atoms. The van der Waals surface area contributed by atoms with Crippen molar-refractivity contribution >= 4 is 44.8 Å². The molecule has 0 unspecified atom stereocenters. The second kappa shape index (κ2) is 6.32. The van der Waals surface area contributed by atoms with Crippen LogP contribution in [0.1, 0.15) is 10.6 Å². The number of benzene rings is 2. The number of thiazole rings is 1. The molecule has 0 aliphatic heterocycles. The Morgan fingerprint density at radius 3 is 2.62 bits per heavy atom. The minimum Gasteiger partial charge on any atom is -0.295 e. The molecule has 0 N–H and O–H groups in total. The molecular formula is C16H14Cl2N2S. The highest BCUT2D eigenvalue weighted by atomic mass is 35.5. The van der Waals surface area contributed by atoms with E-state index in [9.17, 15) is 0 Å². The van der Waals surface area contributed by atoms with Crippen LogP contribution in [0, 0.1) is 0 Å². The highest BCUT2D eigenvalue weighted by Crippen LogP contribution is 2.25. The largest absolute Gasteiger partial charge is 0.295 e. The fourth-order valence-electron chi connectivity index (χ4n) is 2.22. The van der Waals surface area contributed by atoms with E-state index in [0.717, 1.165) is 29.2 Å². The first-order valence-electron chi connectivity index (χ1n) is 6.59. The number of nitrogens with zero attached hydrogens (tertiary/aromatic N) is 2. The van der Waals surface area contributed by atoms with Gasteiger partial charge in [0.2, 0.25) is 0 Å². The van der Waals surface area contributed by atoms with Gasteiger partial charge in [-0.2, -0.15) is 0 Å². The molecular weight excluding hydrogens is 323 g/mol. The van der Waals surface area contributed by atoms with Gasteiger partial charge in [0.15, 0.2) is 0 Å². The van der Waals surface area contributed by atoms with Crippen LogP contribution in [0.2, 0.25) is 10.0 Å². The third-order valence-electron chi connectivity index (χ3n) is 3.18. The van der Waals surface area contributed by atoms with Gasteiger partial charge in [-0.15, -0.1) is 11.3 Å². The van der Waals surface area contributed by atoms with E-state index >= 15 is 0 Å². The van der Waals surface area contributed by atoms with Crippen LogP contribution in [0.4, 0.5) is 0 Å². The molecule has 2 aromatic carbocycles. The molecule has 3 aromatic rings. The molecule has 0 aliphatic carbocycles. The van der Waals surface area contributed by atoms with E-state index in [-0.39, 0.29) is 0 Å². The second-order valence-electron chi connectivity index (χ2n) is 5.00. The summed E-state index contributed by atoms with van der Waals surface area (Å²) in [6.07, 6.45) is 0. The molecule has 0 fully saturated rings. The lowest BCUT2D eigenvalue weighted by Crippen LogP contribution is -2.17. The third-order valence-corrected chi connectivity index (χ3v) is 4.94. The molecule has 0 saturated heterocycles. The summed E-state index contributed by atoms with van der Waals surface area (Å²) in [6.45, 7) is 1.63. The number of hydrogen-bond acceptors (Lipinski definition) is 3. The average molecular weight is 337 g/mol. The van der Waals surface area contributed by atoms with Crippen LogP contribution in [0.25, 0.3) is 10.2 Å². The van der Waals surface area contributed by atoms with Crippen LogP contribution in [0.15, 0.2) is 42.5 Å². The molecule has 0 bridgehead atoms. The predicted molar refractivity (Wildman–Crippen MR) is 91.3 cm³/mol. The van der Waals surface area contributed by atoms with Gasteiger partial charge in [0.25, 0.3) is 0 Å². The van der Waals surface area contributed by atoms with Crippen LogP contribution < -0.4 is 0 Å². The van der Waals surface area contributed by atoms with Crippen molar-refractivity contribution in [3.8, 4) is 0 Å². The van der Waals surface area contributed by atoms with E-state index < -0.39 is 0 Å². The second-order valence-corrected chi connectivity index (χ2v) is 6.93. The van der Waals surface area contributed by atoms with E-state index in [1.807, 2.05) is 36.4 Å². The summed E-state index contributed by atoms with van der Waals surface area (Å²) in [5.41, 5.74) is 2.22. The van der Waals surface area contributed by atoms with Crippen LogP contribution in [0.5, 0.6) is 0 Å². The predicted octanol–water partition coefficient (Wildman–Crippen LogP) is 5.24. The molecule has 5 heteroatoms. The van der Waals surface area contributed by atoms with Gasteiger partial charge < -0.3 is 0 Å². The van der Waals surface area contributed by atoms with Gasteiger partial charge >= 0.3 is 0 Å². The van der Waals surface area contributed by atoms with E-state index in [4.69, 9.17) is 23.2 Å². The average Bonchev–Trinajstić information content (AvgIpc) is 2.84. The molecule has 0 atom stereocenters. The van der Waals surface area contributed by atoms with E-state index in [0.29, 0.717) is 10.0 Å². The molecule has 0 spiro atoms. The first-order chi connectivity index (χ1) is 10.1. The van der Waals surface area contributed by atoms with E-state index in [1.165, 1.54) is 4.70 Å².